The Bertz CT molecular complexity index is 1030. The molecule has 4 rings (SSSR count). The maximum absolute atomic E-state index is 13.0. The molecule has 0 bridgehead atoms. The van der Waals surface area contributed by atoms with E-state index < -0.39 is 16.1 Å². The number of pyridine rings is 1. The highest BCUT2D eigenvalue weighted by molar-refractivity contribution is 7.88. The van der Waals surface area contributed by atoms with Gasteiger partial charge in [0.25, 0.3) is 0 Å². The number of hydrogen-bond acceptors (Lipinski definition) is 7. The van der Waals surface area contributed by atoms with E-state index in [-0.39, 0.29) is 18.9 Å². The largest absolute Gasteiger partial charge is 0.423 e. The monoisotopic (exact) mass is 374 g/mol. The third-order valence-corrected chi connectivity index (χ3v) is 6.09. The van der Waals surface area contributed by atoms with Gasteiger partial charge in [-0.1, -0.05) is 24.3 Å². The highest BCUT2D eigenvalue weighted by atomic mass is 32.2. The van der Waals surface area contributed by atoms with E-state index in [1.807, 2.05) is 24.3 Å². The number of morpholine rings is 1. The molecule has 3 heterocycles. The van der Waals surface area contributed by atoms with Gasteiger partial charge in [-0.05, 0) is 11.6 Å². The van der Waals surface area contributed by atoms with Crippen molar-refractivity contribution in [2.24, 2.45) is 0 Å². The first kappa shape index (κ1) is 17.1. The van der Waals surface area contributed by atoms with Crippen molar-refractivity contribution in [1.29, 1.82) is 0 Å². The van der Waals surface area contributed by atoms with Crippen LogP contribution in [-0.4, -0.2) is 47.6 Å². The number of nitrogens with zero attached hydrogens (tertiary/aromatic N) is 4. The molecule has 1 aromatic carbocycles. The highest BCUT2D eigenvalue weighted by Crippen LogP contribution is 2.25. The van der Waals surface area contributed by atoms with Gasteiger partial charge in [0.05, 0.1) is 17.9 Å². The predicted molar refractivity (Wildman–Crippen MR) is 93.7 cm³/mol. The fourth-order valence-corrected chi connectivity index (χ4v) is 4.57. The Morgan fingerprint density at radius 2 is 2.08 bits per heavy atom. The standard InChI is InChI=1S/C17H18N4O4S/c1-12-19-20-17(25-12)15-10-21(8-9-24-15)26(22,23)11-14-5-2-4-13-6-3-7-18-16(13)14/h2-7,15H,8-11H2,1H3/t15-/m0/s1. The lowest BCUT2D eigenvalue weighted by Gasteiger charge is -2.30. The van der Waals surface area contributed by atoms with Crippen molar-refractivity contribution in [3.05, 3.63) is 53.9 Å². The lowest BCUT2D eigenvalue weighted by Crippen LogP contribution is -2.42. The molecule has 8 nitrogen and oxygen atoms in total. The molecule has 136 valence electrons. The van der Waals surface area contributed by atoms with Crippen LogP contribution in [0.25, 0.3) is 10.9 Å². The summed E-state index contributed by atoms with van der Waals surface area (Å²) in [5.41, 5.74) is 1.38. The Balaban J connectivity index is 1.58. The Kier molecular flexibility index (Phi) is 4.43. The molecule has 9 heteroatoms. The smallest absolute Gasteiger partial charge is 0.246 e. The molecule has 1 aliphatic heterocycles. The third kappa shape index (κ3) is 3.33. The normalized spacial score (nSPS) is 19.0. The van der Waals surface area contributed by atoms with E-state index in [0.29, 0.717) is 29.4 Å². The van der Waals surface area contributed by atoms with Gasteiger partial charge < -0.3 is 9.15 Å². The molecule has 1 saturated heterocycles. The van der Waals surface area contributed by atoms with E-state index in [9.17, 15) is 8.42 Å². The molecule has 0 unspecified atom stereocenters. The zero-order valence-electron chi connectivity index (χ0n) is 14.2. The number of hydrogen-bond donors (Lipinski definition) is 0. The van der Waals surface area contributed by atoms with E-state index in [1.165, 1.54) is 4.31 Å². The Morgan fingerprint density at radius 1 is 1.23 bits per heavy atom. The van der Waals surface area contributed by atoms with Crippen LogP contribution in [0.3, 0.4) is 0 Å². The average molecular weight is 374 g/mol. The minimum absolute atomic E-state index is 0.114. The van der Waals surface area contributed by atoms with Gasteiger partial charge in [0, 0.05) is 31.6 Å². The Hall–Kier alpha value is -2.36. The molecule has 26 heavy (non-hydrogen) atoms. The van der Waals surface area contributed by atoms with Crippen LogP contribution in [0.1, 0.15) is 23.4 Å². The molecule has 1 atom stereocenters. The zero-order valence-corrected chi connectivity index (χ0v) is 15.0. The van der Waals surface area contributed by atoms with Crippen LogP contribution < -0.4 is 0 Å². The van der Waals surface area contributed by atoms with E-state index in [1.54, 1.807) is 19.2 Å². The molecule has 3 aromatic rings. The zero-order chi connectivity index (χ0) is 18.1. The van der Waals surface area contributed by atoms with Crippen molar-refractivity contribution in [1.82, 2.24) is 19.5 Å². The number of aromatic nitrogens is 3. The van der Waals surface area contributed by atoms with Crippen LogP contribution in [0.15, 0.2) is 40.9 Å². The third-order valence-electron chi connectivity index (χ3n) is 4.29. The average Bonchev–Trinajstić information content (AvgIpc) is 3.08. The van der Waals surface area contributed by atoms with E-state index >= 15 is 0 Å². The number of sulfonamides is 1. The first-order valence-corrected chi connectivity index (χ1v) is 9.86. The number of fused-ring (bicyclic) bond motifs is 1. The first-order chi connectivity index (χ1) is 12.5. The van der Waals surface area contributed by atoms with Crippen LogP contribution in [0.2, 0.25) is 0 Å². The molecule has 0 aliphatic carbocycles. The van der Waals surface area contributed by atoms with Crippen LogP contribution in [0, 0.1) is 6.92 Å². The summed E-state index contributed by atoms with van der Waals surface area (Å²) in [4.78, 5) is 4.33. The number of benzene rings is 1. The molecule has 1 fully saturated rings. The van der Waals surface area contributed by atoms with Gasteiger partial charge in [-0.3, -0.25) is 4.98 Å². The molecule has 0 N–H and O–H groups in total. The van der Waals surface area contributed by atoms with Gasteiger partial charge in [0.15, 0.2) is 0 Å². The van der Waals surface area contributed by atoms with Crippen molar-refractivity contribution in [3.8, 4) is 0 Å². The summed E-state index contributed by atoms with van der Waals surface area (Å²) in [6.45, 7) is 2.41. The lowest BCUT2D eigenvalue weighted by atomic mass is 10.1. The van der Waals surface area contributed by atoms with Gasteiger partial charge >= 0.3 is 0 Å². The van der Waals surface area contributed by atoms with Crippen molar-refractivity contribution in [2.75, 3.05) is 19.7 Å². The number of rotatable bonds is 4. The molecule has 0 radical (unpaired) electrons. The molecular formula is C17H18N4O4S. The molecule has 0 spiro atoms. The predicted octanol–water partition coefficient (Wildman–Crippen LogP) is 1.83. The van der Waals surface area contributed by atoms with Crippen molar-refractivity contribution >= 4 is 20.9 Å². The summed E-state index contributed by atoms with van der Waals surface area (Å²) in [5.74, 6) is 0.608. The minimum atomic E-state index is -3.54. The van der Waals surface area contributed by atoms with Crippen LogP contribution in [0.4, 0.5) is 0 Å². The van der Waals surface area contributed by atoms with Gasteiger partial charge in [0.1, 0.15) is 6.10 Å². The molecule has 1 aliphatic rings. The van der Waals surface area contributed by atoms with Crippen molar-refractivity contribution in [3.63, 3.8) is 0 Å². The summed E-state index contributed by atoms with van der Waals surface area (Å²) >= 11 is 0. The van der Waals surface area contributed by atoms with Crippen LogP contribution >= 0.6 is 0 Å². The summed E-state index contributed by atoms with van der Waals surface area (Å²) in [6, 6.07) is 9.31. The topological polar surface area (TPSA) is 98.4 Å². The molecule has 0 saturated carbocycles. The lowest BCUT2D eigenvalue weighted by molar-refractivity contribution is -0.0177. The van der Waals surface area contributed by atoms with E-state index in [4.69, 9.17) is 9.15 Å². The number of aryl methyl sites for hydroxylation is 1. The summed E-state index contributed by atoms with van der Waals surface area (Å²) in [7, 11) is -3.54. The Morgan fingerprint density at radius 3 is 2.88 bits per heavy atom. The fraction of sp³-hybridized carbons (Fsp3) is 0.353. The van der Waals surface area contributed by atoms with Crippen molar-refractivity contribution in [2.45, 2.75) is 18.8 Å². The van der Waals surface area contributed by atoms with Gasteiger partial charge in [-0.15, -0.1) is 10.2 Å². The van der Waals surface area contributed by atoms with Gasteiger partial charge in [0.2, 0.25) is 21.8 Å². The summed E-state index contributed by atoms with van der Waals surface area (Å²) < 4.78 is 38.3. The molecular weight excluding hydrogens is 356 g/mol. The highest BCUT2D eigenvalue weighted by Gasteiger charge is 2.33. The second-order valence-corrected chi connectivity index (χ2v) is 8.09. The number of para-hydroxylation sites is 1. The fourth-order valence-electron chi connectivity index (χ4n) is 3.04. The van der Waals surface area contributed by atoms with Gasteiger partial charge in [-0.25, -0.2) is 8.42 Å². The first-order valence-electron chi connectivity index (χ1n) is 8.25. The van der Waals surface area contributed by atoms with Gasteiger partial charge in [-0.2, -0.15) is 4.31 Å². The summed E-state index contributed by atoms with van der Waals surface area (Å²) in [6.07, 6.45) is 1.12. The van der Waals surface area contributed by atoms with Crippen molar-refractivity contribution < 1.29 is 17.6 Å². The molecule has 2 aromatic heterocycles. The second kappa shape index (κ2) is 6.75. The number of ether oxygens (including phenoxy) is 1. The van der Waals surface area contributed by atoms with Crippen LogP contribution in [0.5, 0.6) is 0 Å². The minimum Gasteiger partial charge on any atom is -0.423 e. The molecule has 0 amide bonds. The quantitative estimate of drug-likeness (QED) is 0.687. The Labute approximate surface area is 150 Å². The summed E-state index contributed by atoms with van der Waals surface area (Å²) in [5, 5.41) is 8.63. The second-order valence-electron chi connectivity index (χ2n) is 6.13. The maximum Gasteiger partial charge on any atom is 0.246 e. The van der Waals surface area contributed by atoms with E-state index in [2.05, 4.69) is 15.2 Å². The van der Waals surface area contributed by atoms with Crippen LogP contribution in [-0.2, 0) is 20.5 Å². The van der Waals surface area contributed by atoms with E-state index in [0.717, 1.165) is 5.39 Å². The maximum atomic E-state index is 13.0. The SMILES string of the molecule is Cc1nnc([C@@H]2CN(S(=O)(=O)Cc3cccc4cccnc34)CCO2)o1.